The summed E-state index contributed by atoms with van der Waals surface area (Å²) in [6, 6.07) is 13.0. The van der Waals surface area contributed by atoms with Crippen molar-refractivity contribution < 1.29 is 0 Å². The van der Waals surface area contributed by atoms with Crippen LogP contribution in [-0.4, -0.2) is 44.4 Å². The molecular weight excluding hydrogens is 454 g/mol. The average Bonchev–Trinajstić information content (AvgIpc) is 3.47. The third-order valence-electron chi connectivity index (χ3n) is 7.00. The third-order valence-corrected chi connectivity index (χ3v) is 8.10. The number of para-hydroxylation sites is 1. The lowest BCUT2D eigenvalue weighted by Gasteiger charge is -2.33. The molecule has 0 atom stereocenters. The Balaban J connectivity index is 1.54. The van der Waals surface area contributed by atoms with E-state index < -0.39 is 0 Å². The fraction of sp³-hybridized carbons (Fsp3) is 0.333. The maximum absolute atomic E-state index is 9.67. The summed E-state index contributed by atoms with van der Waals surface area (Å²) in [6.07, 6.45) is 10.1. The van der Waals surface area contributed by atoms with Gasteiger partial charge in [-0.05, 0) is 52.8 Å². The predicted octanol–water partition coefficient (Wildman–Crippen LogP) is 6.13. The maximum Gasteiger partial charge on any atom is 0.200 e. The molecule has 0 aliphatic heterocycles. The molecule has 176 valence electrons. The van der Waals surface area contributed by atoms with Crippen LogP contribution >= 0.6 is 11.8 Å². The molecular formula is C27H27N7S. The molecule has 8 heteroatoms. The number of nitriles is 1. The summed E-state index contributed by atoms with van der Waals surface area (Å²) >= 11 is 1.50. The van der Waals surface area contributed by atoms with Gasteiger partial charge < -0.3 is 4.90 Å². The molecule has 0 N–H and O–H groups in total. The molecule has 35 heavy (non-hydrogen) atoms. The summed E-state index contributed by atoms with van der Waals surface area (Å²) < 4.78 is 3.96. The molecule has 1 aliphatic rings. The molecule has 3 aromatic heterocycles. The molecule has 1 fully saturated rings. The van der Waals surface area contributed by atoms with Crippen molar-refractivity contribution in [3.05, 3.63) is 71.6 Å². The number of pyridine rings is 1. The summed E-state index contributed by atoms with van der Waals surface area (Å²) in [5.74, 6) is 0. The van der Waals surface area contributed by atoms with Gasteiger partial charge in [0.05, 0.1) is 36.1 Å². The minimum absolute atomic E-state index is 0.415. The first-order valence-electron chi connectivity index (χ1n) is 11.8. The van der Waals surface area contributed by atoms with Gasteiger partial charge in [-0.15, -0.1) is 0 Å². The summed E-state index contributed by atoms with van der Waals surface area (Å²) in [7, 11) is 4.33. The molecule has 3 heterocycles. The Bertz CT molecular complexity index is 1460. The number of nitrogens with zero attached hydrogens (tertiary/aromatic N) is 7. The minimum Gasteiger partial charge on any atom is -0.306 e. The Hall–Kier alpha value is -3.59. The highest BCUT2D eigenvalue weighted by Crippen LogP contribution is 2.40. The predicted molar refractivity (Wildman–Crippen MR) is 138 cm³/mol. The molecule has 0 bridgehead atoms. The number of rotatable bonds is 5. The van der Waals surface area contributed by atoms with E-state index in [-0.39, 0.29) is 0 Å². The van der Waals surface area contributed by atoms with Gasteiger partial charge in [0.1, 0.15) is 6.07 Å². The van der Waals surface area contributed by atoms with E-state index in [4.69, 9.17) is 11.7 Å². The van der Waals surface area contributed by atoms with Gasteiger partial charge in [0.2, 0.25) is 5.69 Å². The molecule has 1 aromatic carbocycles. The summed E-state index contributed by atoms with van der Waals surface area (Å²) in [6.45, 7) is 9.67. The highest BCUT2D eigenvalue weighted by atomic mass is 32.2. The Morgan fingerprint density at radius 2 is 1.89 bits per heavy atom. The second-order valence-corrected chi connectivity index (χ2v) is 10.3. The Labute approximate surface area is 209 Å². The standard InChI is InChI=1S/C27H27N7S/c1-18-23(16-31-34(18)22-11-9-21(10-12-22)32(3)4)19-13-26(27-20(14-28)15-30-33(27)17-19)35-25-8-6-5-7-24(25)29-2/h5-8,13,15-17,21-22H,9-12H2,1,3-4H3. The van der Waals surface area contributed by atoms with Crippen LogP contribution in [0, 0.1) is 24.8 Å². The van der Waals surface area contributed by atoms with Gasteiger partial charge >= 0.3 is 0 Å². The zero-order chi connectivity index (χ0) is 24.5. The van der Waals surface area contributed by atoms with E-state index in [1.165, 1.54) is 24.6 Å². The maximum atomic E-state index is 9.67. The average molecular weight is 482 g/mol. The van der Waals surface area contributed by atoms with Crippen LogP contribution in [-0.2, 0) is 0 Å². The van der Waals surface area contributed by atoms with Crippen molar-refractivity contribution in [2.24, 2.45) is 0 Å². The topological polar surface area (TPSA) is 66.5 Å². The van der Waals surface area contributed by atoms with Gasteiger partial charge in [0.15, 0.2) is 0 Å². The van der Waals surface area contributed by atoms with Crippen LogP contribution in [0.3, 0.4) is 0 Å². The summed E-state index contributed by atoms with van der Waals surface area (Å²) in [5, 5.41) is 18.9. The van der Waals surface area contributed by atoms with Crippen molar-refractivity contribution in [1.82, 2.24) is 24.3 Å². The van der Waals surface area contributed by atoms with Crippen molar-refractivity contribution in [3.8, 4) is 17.2 Å². The van der Waals surface area contributed by atoms with Crippen LogP contribution in [0.15, 0.2) is 58.7 Å². The first kappa shape index (κ1) is 23.2. The quantitative estimate of drug-likeness (QED) is 0.321. The Kier molecular flexibility index (Phi) is 6.34. The SMILES string of the molecule is [C-]#[N+]c1ccccc1Sc1cc(-c2cnn(C3CCC(N(C)C)CC3)c2C)cn2ncc(C#N)c12. The normalized spacial score (nSPS) is 18.0. The van der Waals surface area contributed by atoms with Crippen molar-refractivity contribution in [3.63, 3.8) is 0 Å². The molecule has 0 spiro atoms. The zero-order valence-electron chi connectivity index (χ0n) is 20.1. The van der Waals surface area contributed by atoms with Crippen LogP contribution in [0.4, 0.5) is 5.69 Å². The van der Waals surface area contributed by atoms with E-state index in [1.807, 2.05) is 36.7 Å². The zero-order valence-corrected chi connectivity index (χ0v) is 21.0. The van der Waals surface area contributed by atoms with Crippen LogP contribution in [0.1, 0.15) is 43.0 Å². The summed E-state index contributed by atoms with van der Waals surface area (Å²) in [5.41, 5.74) is 5.08. The smallest absolute Gasteiger partial charge is 0.200 e. The number of hydrogen-bond acceptors (Lipinski definition) is 5. The van der Waals surface area contributed by atoms with Crippen molar-refractivity contribution in [2.45, 2.75) is 54.5 Å². The molecule has 1 saturated carbocycles. The van der Waals surface area contributed by atoms with E-state index in [0.717, 1.165) is 45.0 Å². The van der Waals surface area contributed by atoms with Gasteiger partial charge in [-0.2, -0.15) is 15.5 Å². The van der Waals surface area contributed by atoms with Gasteiger partial charge in [0, 0.05) is 38.9 Å². The molecule has 0 unspecified atom stereocenters. The van der Waals surface area contributed by atoms with Crippen molar-refractivity contribution in [1.29, 1.82) is 5.26 Å². The highest BCUT2D eigenvalue weighted by molar-refractivity contribution is 7.99. The van der Waals surface area contributed by atoms with E-state index >= 15 is 0 Å². The first-order chi connectivity index (χ1) is 17.0. The Morgan fingerprint density at radius 3 is 2.60 bits per heavy atom. The molecule has 5 rings (SSSR count). The lowest BCUT2D eigenvalue weighted by atomic mass is 9.90. The van der Waals surface area contributed by atoms with E-state index in [2.05, 4.69) is 52.7 Å². The number of hydrogen-bond donors (Lipinski definition) is 0. The minimum atomic E-state index is 0.415. The van der Waals surface area contributed by atoms with Crippen LogP contribution < -0.4 is 0 Å². The number of fused-ring (bicyclic) bond motifs is 1. The molecule has 0 radical (unpaired) electrons. The van der Waals surface area contributed by atoms with Crippen molar-refractivity contribution >= 4 is 23.0 Å². The van der Waals surface area contributed by atoms with E-state index in [0.29, 0.717) is 23.3 Å². The van der Waals surface area contributed by atoms with E-state index in [1.54, 1.807) is 10.7 Å². The van der Waals surface area contributed by atoms with Crippen LogP contribution in [0.2, 0.25) is 0 Å². The van der Waals surface area contributed by atoms with Gasteiger partial charge in [-0.25, -0.2) is 9.36 Å². The molecule has 7 nitrogen and oxygen atoms in total. The Morgan fingerprint density at radius 1 is 1.11 bits per heavy atom. The largest absolute Gasteiger partial charge is 0.306 e. The fourth-order valence-electron chi connectivity index (χ4n) is 5.04. The lowest BCUT2D eigenvalue weighted by Crippen LogP contribution is -2.33. The van der Waals surface area contributed by atoms with Crippen LogP contribution in [0.5, 0.6) is 0 Å². The summed E-state index contributed by atoms with van der Waals surface area (Å²) in [4.78, 5) is 7.75. The fourth-order valence-corrected chi connectivity index (χ4v) is 6.13. The van der Waals surface area contributed by atoms with Gasteiger partial charge in [-0.3, -0.25) is 4.68 Å². The second-order valence-electron chi connectivity index (χ2n) is 9.25. The highest BCUT2D eigenvalue weighted by Gasteiger charge is 2.26. The third kappa shape index (κ3) is 4.32. The first-order valence-corrected chi connectivity index (χ1v) is 12.6. The number of benzene rings is 1. The molecule has 1 aliphatic carbocycles. The van der Waals surface area contributed by atoms with Gasteiger partial charge in [0.25, 0.3) is 0 Å². The monoisotopic (exact) mass is 481 g/mol. The van der Waals surface area contributed by atoms with Crippen LogP contribution in [0.25, 0.3) is 21.5 Å². The number of aromatic nitrogens is 4. The second kappa shape index (κ2) is 9.58. The molecule has 4 aromatic rings. The van der Waals surface area contributed by atoms with Gasteiger partial charge in [-0.1, -0.05) is 36.0 Å². The van der Waals surface area contributed by atoms with Crippen molar-refractivity contribution in [2.75, 3.05) is 14.1 Å². The van der Waals surface area contributed by atoms with E-state index in [9.17, 15) is 5.26 Å². The molecule has 0 saturated heterocycles. The molecule has 0 amide bonds. The lowest BCUT2D eigenvalue weighted by molar-refractivity contribution is 0.188.